The molecular formula is C97H279NO6S. The molecule has 0 saturated carbocycles. The van der Waals surface area contributed by atoms with Crippen LogP contribution >= 0.6 is 11.8 Å². The van der Waals surface area contributed by atoms with Crippen LogP contribution in [0.2, 0.25) is 0 Å². The second kappa shape index (κ2) is 473. The van der Waals surface area contributed by atoms with Crippen molar-refractivity contribution in [2.75, 3.05) is 108 Å². The number of hydrogen-bond acceptors (Lipinski definition) is 8. The Labute approximate surface area is 710 Å². The number of rotatable bonds is 8. The minimum Gasteiger partial charge on any atom is -0.385 e. The predicted molar refractivity (Wildman–Crippen MR) is 574 cm³/mol. The summed E-state index contributed by atoms with van der Waals surface area (Å²) >= 11 is 1.86. The molecule has 7 nitrogen and oxygen atoms in total. The Kier molecular flexibility index (Phi) is 1790. The quantitative estimate of drug-likeness (QED) is 0.239. The summed E-state index contributed by atoms with van der Waals surface area (Å²) in [6.07, 6.45) is 5.85. The van der Waals surface area contributed by atoms with Crippen LogP contribution in [0.3, 0.4) is 0 Å². The maximum Gasteiger partial charge on any atom is 0.0433 e. The van der Waals surface area contributed by atoms with Gasteiger partial charge < -0.3 is 33.7 Å². The number of ether oxygens (including phenoxy) is 6. The summed E-state index contributed by atoms with van der Waals surface area (Å²) in [6.45, 7) is 47.3. The van der Waals surface area contributed by atoms with Crippen LogP contribution in [0, 0.1) is 41.5 Å². The number of benzene rings is 3. The van der Waals surface area contributed by atoms with Gasteiger partial charge >= 0.3 is 0 Å². The largest absolute Gasteiger partial charge is 0.385 e. The molecule has 0 aromatic heterocycles. The van der Waals surface area contributed by atoms with Crippen LogP contribution in [0.5, 0.6) is 0 Å². The molecule has 0 fully saturated rings. The van der Waals surface area contributed by atoms with Gasteiger partial charge in [0, 0.05) is 82.3 Å². The van der Waals surface area contributed by atoms with Gasteiger partial charge in [-0.15, -0.1) is 0 Å². The van der Waals surface area contributed by atoms with Crippen molar-refractivity contribution in [2.24, 2.45) is 0 Å². The highest BCUT2D eigenvalue weighted by molar-refractivity contribution is 7.98. The van der Waals surface area contributed by atoms with Crippen molar-refractivity contribution in [2.45, 2.75) is 455 Å². The minimum absolute atomic E-state index is 0. The fraction of sp³-hybridized carbons (Fsp3) is 0.814. The van der Waals surface area contributed by atoms with Gasteiger partial charge in [0.05, 0.1) is 0 Å². The van der Waals surface area contributed by atoms with Crippen LogP contribution < -0.4 is 5.32 Å². The van der Waals surface area contributed by atoms with Gasteiger partial charge in [0.25, 0.3) is 0 Å². The van der Waals surface area contributed by atoms with Gasteiger partial charge in [-0.25, -0.2) is 0 Å². The van der Waals surface area contributed by atoms with Crippen molar-refractivity contribution in [3.63, 3.8) is 0 Å². The lowest BCUT2D eigenvalue weighted by Gasteiger charge is -1.90. The molecule has 0 amide bonds. The molecule has 0 spiro atoms. The SMILES string of the molecule is C.C.C.C.C.C.C.C.C.C.C.C.C.C.C.C.C.C.C.C.C.C.C.C.C.C.C.C.C.C.C.C.C.C.C.C.C.C.C.C.CCC.CCC.CCC.CCNC.CCOC.CCOC.CCOC.CCOC.CCOC.CCOC.CCSC.Cc1ccc(C)cc1.Cc1ccc(C)cc1.Cc1ccc(C)cc1. The topological polar surface area (TPSA) is 67.4 Å². The van der Waals surface area contributed by atoms with E-state index in [0.717, 1.165) is 46.2 Å². The molecule has 3 rings (SSSR count). The Morgan fingerprint density at radius 3 is 0.276 bits per heavy atom. The maximum absolute atomic E-state index is 4.54. The monoisotopic (exact) mass is 1590 g/mol. The van der Waals surface area contributed by atoms with E-state index in [9.17, 15) is 0 Å². The first-order valence-electron chi connectivity index (χ1n) is 24.1. The zero-order valence-electron chi connectivity index (χ0n) is 49.1. The maximum atomic E-state index is 4.54. The van der Waals surface area contributed by atoms with E-state index in [0.29, 0.717) is 0 Å². The van der Waals surface area contributed by atoms with E-state index in [-0.39, 0.29) is 297 Å². The van der Waals surface area contributed by atoms with Gasteiger partial charge in [0.2, 0.25) is 0 Å². The Balaban J connectivity index is -0.00000000599. The minimum atomic E-state index is 0. The lowest BCUT2D eigenvalue weighted by Crippen LogP contribution is -2.01. The molecule has 0 unspecified atom stereocenters. The van der Waals surface area contributed by atoms with E-state index in [2.05, 4.69) is 210 Å². The van der Waals surface area contributed by atoms with Gasteiger partial charge in [-0.2, -0.15) is 11.8 Å². The molecule has 0 radical (unpaired) electrons. The summed E-state index contributed by atoms with van der Waals surface area (Å²) in [4.78, 5) is 0. The van der Waals surface area contributed by atoms with Crippen molar-refractivity contribution >= 4 is 11.8 Å². The molecule has 8 heteroatoms. The van der Waals surface area contributed by atoms with Gasteiger partial charge in [0.1, 0.15) is 0 Å². The third kappa shape index (κ3) is 793. The Hall–Kier alpha value is -2.27. The molecule has 0 bridgehead atoms. The Morgan fingerprint density at radius 2 is 0.257 bits per heavy atom. The van der Waals surface area contributed by atoms with Gasteiger partial charge in [-0.3, -0.25) is 0 Å². The Bertz CT molecular complexity index is 792. The number of nitrogens with one attached hydrogen (secondary N) is 1. The number of hydrogen-bond donors (Lipinski definition) is 1. The molecule has 0 aliphatic heterocycles. The average molecular weight is 1590 g/mol. The molecule has 0 aliphatic carbocycles. The van der Waals surface area contributed by atoms with Gasteiger partial charge in [0.15, 0.2) is 0 Å². The van der Waals surface area contributed by atoms with E-state index in [1.807, 2.05) is 60.4 Å². The standard InChI is InChI=1S/3C8H10.C3H9N.6C3H8O.C3H8S.3C3H8.40CH4/c3*1-7-3-5-8(2)6-4-7;8*1-3-4-2;3*1-3-2;;;;;;;;;;;;;;;;;;;;;;;;;;;;;;;;;;;;;;;;/h3*3-6H,1-2H3;4H,3H2,1-2H3;7*3H2,1-2H3;3*3H2,1-2H3;40*1H4. The molecule has 3 aromatic rings. The molecule has 105 heavy (non-hydrogen) atoms. The van der Waals surface area contributed by atoms with E-state index in [1.54, 1.807) is 42.7 Å². The van der Waals surface area contributed by atoms with Gasteiger partial charge in [-0.05, 0) is 109 Å². The lowest BCUT2D eigenvalue weighted by atomic mass is 10.2. The average Bonchev–Trinajstić information content (AvgIpc) is 3.33. The first-order chi connectivity index (χ1) is 30.9. The second-order valence-electron chi connectivity index (χ2n) is 13.3. The van der Waals surface area contributed by atoms with Crippen LogP contribution in [0.25, 0.3) is 0 Å². The summed E-state index contributed by atoms with van der Waals surface area (Å²) in [6, 6.07) is 25.4. The molecule has 0 atom stereocenters. The smallest absolute Gasteiger partial charge is 0.0433 e. The number of methoxy groups -OCH3 is 6. The third-order valence-electron chi connectivity index (χ3n) is 6.03. The summed E-state index contributed by atoms with van der Waals surface area (Å²) in [7, 11) is 12.0. The highest BCUT2D eigenvalue weighted by Gasteiger charge is 1.81. The molecule has 3 aromatic carbocycles. The molecular weight excluding hydrogens is 1310 g/mol. The molecule has 714 valence electrons. The highest BCUT2D eigenvalue weighted by Crippen LogP contribution is 2.01. The fourth-order valence-corrected chi connectivity index (χ4v) is 1.91. The molecule has 1 N–H and O–H groups in total. The molecule has 0 saturated heterocycles. The van der Waals surface area contributed by atoms with E-state index in [4.69, 9.17) is 0 Å². The van der Waals surface area contributed by atoms with Crippen molar-refractivity contribution < 1.29 is 28.4 Å². The number of aryl methyl sites for hydroxylation is 6. The zero-order chi connectivity index (χ0) is 53.4. The lowest BCUT2D eigenvalue weighted by molar-refractivity contribution is 0.215. The van der Waals surface area contributed by atoms with Crippen molar-refractivity contribution in [3.05, 3.63) is 106 Å². The number of thioether (sulfide) groups is 1. The summed E-state index contributed by atoms with van der Waals surface area (Å²) in [5.41, 5.74) is 7.98. The van der Waals surface area contributed by atoms with Crippen molar-refractivity contribution in [1.29, 1.82) is 0 Å². The van der Waals surface area contributed by atoms with Crippen LogP contribution in [-0.4, -0.2) is 108 Å². The predicted octanol–water partition coefficient (Wildman–Crippen LogP) is 42.1. The summed E-state index contributed by atoms with van der Waals surface area (Å²) in [5.74, 6) is 1.24. The summed E-state index contributed by atoms with van der Waals surface area (Å²) in [5, 5.41) is 2.93. The first kappa shape index (κ1) is 397. The normalized spacial score (nSPS) is 4.91. The summed E-state index contributed by atoms with van der Waals surface area (Å²) < 4.78 is 27.2. The van der Waals surface area contributed by atoms with E-state index < -0.39 is 0 Å². The highest BCUT2D eigenvalue weighted by atomic mass is 32.2. The third-order valence-corrected chi connectivity index (χ3v) is 6.61. The molecule has 0 heterocycles. The van der Waals surface area contributed by atoms with Crippen LogP contribution in [-0.2, 0) is 28.4 Å². The van der Waals surface area contributed by atoms with Crippen LogP contribution in [0.4, 0.5) is 0 Å². The molecule has 0 aliphatic rings. The Morgan fingerprint density at radius 1 is 0.210 bits per heavy atom. The zero-order valence-corrected chi connectivity index (χ0v) is 49.9. The van der Waals surface area contributed by atoms with Gasteiger partial charge in [-0.1, -0.05) is 478 Å². The van der Waals surface area contributed by atoms with Crippen molar-refractivity contribution in [3.8, 4) is 0 Å². The fourth-order valence-electron chi connectivity index (χ4n) is 1.91. The first-order valence-corrected chi connectivity index (χ1v) is 25.5. The van der Waals surface area contributed by atoms with Crippen LogP contribution in [0.1, 0.15) is 447 Å². The second-order valence-corrected chi connectivity index (χ2v) is 14.5. The van der Waals surface area contributed by atoms with E-state index >= 15 is 0 Å². The van der Waals surface area contributed by atoms with E-state index in [1.165, 1.54) is 58.4 Å². The van der Waals surface area contributed by atoms with Crippen LogP contribution in [0.15, 0.2) is 72.8 Å². The van der Waals surface area contributed by atoms with Crippen molar-refractivity contribution in [1.82, 2.24) is 5.32 Å².